The summed E-state index contributed by atoms with van der Waals surface area (Å²) in [6.07, 6.45) is 3.30. The van der Waals surface area contributed by atoms with Crippen molar-refractivity contribution in [2.24, 2.45) is 10.9 Å². The fourth-order valence-electron chi connectivity index (χ4n) is 3.99. The van der Waals surface area contributed by atoms with Crippen molar-refractivity contribution in [2.45, 2.75) is 38.8 Å². The lowest BCUT2D eigenvalue weighted by Crippen LogP contribution is -2.45. The first-order chi connectivity index (χ1) is 14.0. The van der Waals surface area contributed by atoms with E-state index in [-0.39, 0.29) is 11.8 Å². The lowest BCUT2D eigenvalue weighted by molar-refractivity contribution is -0.0495. The summed E-state index contributed by atoms with van der Waals surface area (Å²) in [7, 11) is 2.17. The number of ether oxygens (including phenoxy) is 1. The summed E-state index contributed by atoms with van der Waals surface area (Å²) < 4.78 is 30.1. The second kappa shape index (κ2) is 10.6. The van der Waals surface area contributed by atoms with Crippen LogP contribution in [0, 0.1) is 5.92 Å². The van der Waals surface area contributed by atoms with Gasteiger partial charge < -0.3 is 25.2 Å². The van der Waals surface area contributed by atoms with E-state index in [9.17, 15) is 8.78 Å². The maximum atomic E-state index is 12.7. The Labute approximate surface area is 172 Å². The molecule has 162 valence electrons. The van der Waals surface area contributed by atoms with Crippen LogP contribution in [-0.4, -0.2) is 69.8 Å². The van der Waals surface area contributed by atoms with E-state index in [0.29, 0.717) is 11.6 Å². The van der Waals surface area contributed by atoms with Gasteiger partial charge in [0.15, 0.2) is 5.96 Å². The van der Waals surface area contributed by atoms with Crippen molar-refractivity contribution in [3.05, 3.63) is 24.3 Å². The van der Waals surface area contributed by atoms with Crippen molar-refractivity contribution in [1.82, 2.24) is 15.5 Å². The van der Waals surface area contributed by atoms with Gasteiger partial charge in [0.05, 0.1) is 5.69 Å². The molecule has 3 rings (SSSR count). The quantitative estimate of drug-likeness (QED) is 0.536. The monoisotopic (exact) mass is 409 g/mol. The number of benzene rings is 1. The fourth-order valence-corrected chi connectivity index (χ4v) is 3.99. The highest BCUT2D eigenvalue weighted by molar-refractivity contribution is 5.80. The highest BCUT2D eigenvalue weighted by Crippen LogP contribution is 2.31. The minimum atomic E-state index is -2.82. The predicted molar refractivity (Wildman–Crippen MR) is 113 cm³/mol. The van der Waals surface area contributed by atoms with Crippen LogP contribution in [0.2, 0.25) is 0 Å². The first-order valence-corrected chi connectivity index (χ1v) is 10.6. The van der Waals surface area contributed by atoms with Crippen molar-refractivity contribution in [1.29, 1.82) is 0 Å². The van der Waals surface area contributed by atoms with E-state index >= 15 is 0 Å². The van der Waals surface area contributed by atoms with E-state index in [1.807, 2.05) is 12.1 Å². The van der Waals surface area contributed by atoms with Gasteiger partial charge in [-0.15, -0.1) is 0 Å². The number of hydrogen-bond acceptors (Lipinski definition) is 4. The number of aliphatic imine (C=N–C) groups is 1. The molecule has 6 nitrogen and oxygen atoms in total. The fraction of sp³-hybridized carbons (Fsp3) is 0.667. The molecule has 2 aliphatic rings. The molecule has 1 unspecified atom stereocenters. The molecule has 1 aromatic carbocycles. The minimum Gasteiger partial charge on any atom is -0.433 e. The molecule has 0 aromatic heterocycles. The summed E-state index contributed by atoms with van der Waals surface area (Å²) in [5.41, 5.74) is 0.713. The van der Waals surface area contributed by atoms with Crippen molar-refractivity contribution in [2.75, 3.05) is 51.2 Å². The topological polar surface area (TPSA) is 52.1 Å². The van der Waals surface area contributed by atoms with Gasteiger partial charge in [-0.05, 0) is 64.4 Å². The first kappa shape index (κ1) is 21.6. The van der Waals surface area contributed by atoms with E-state index < -0.39 is 6.61 Å². The van der Waals surface area contributed by atoms with E-state index in [2.05, 4.69) is 34.4 Å². The molecular weight excluding hydrogens is 376 g/mol. The predicted octanol–water partition coefficient (Wildman–Crippen LogP) is 2.76. The molecule has 0 radical (unpaired) electrons. The van der Waals surface area contributed by atoms with Crippen molar-refractivity contribution in [3.63, 3.8) is 0 Å². The molecule has 1 aromatic rings. The summed E-state index contributed by atoms with van der Waals surface area (Å²) in [5, 5.41) is 6.86. The molecule has 29 heavy (non-hydrogen) atoms. The molecule has 0 spiro atoms. The van der Waals surface area contributed by atoms with Crippen molar-refractivity contribution in [3.8, 4) is 5.75 Å². The molecule has 0 bridgehead atoms. The molecule has 8 heteroatoms. The largest absolute Gasteiger partial charge is 0.433 e. The van der Waals surface area contributed by atoms with Crippen molar-refractivity contribution < 1.29 is 13.5 Å². The van der Waals surface area contributed by atoms with Gasteiger partial charge in [0.25, 0.3) is 0 Å². The Bertz CT molecular complexity index is 664. The number of para-hydroxylation sites is 2. The smallest absolute Gasteiger partial charge is 0.387 e. The molecule has 0 saturated carbocycles. The SMILES string of the molecule is CCNC(=NCC1CCN(C)CC1)NC1CCN(c2ccccc2OC(F)F)C1. The van der Waals surface area contributed by atoms with Crippen LogP contribution in [0.4, 0.5) is 14.5 Å². The third-order valence-electron chi connectivity index (χ3n) is 5.64. The van der Waals surface area contributed by atoms with Gasteiger partial charge in [-0.2, -0.15) is 8.78 Å². The maximum Gasteiger partial charge on any atom is 0.387 e. The van der Waals surface area contributed by atoms with E-state index in [4.69, 9.17) is 9.73 Å². The second-order valence-corrected chi connectivity index (χ2v) is 7.89. The molecule has 1 atom stereocenters. The number of hydrogen-bond donors (Lipinski definition) is 2. The molecule has 0 aliphatic carbocycles. The van der Waals surface area contributed by atoms with Crippen LogP contribution < -0.4 is 20.3 Å². The van der Waals surface area contributed by atoms with E-state index in [0.717, 1.165) is 51.6 Å². The van der Waals surface area contributed by atoms with Crippen LogP contribution >= 0.6 is 0 Å². The van der Waals surface area contributed by atoms with Gasteiger partial charge in [-0.3, -0.25) is 4.99 Å². The van der Waals surface area contributed by atoms with E-state index in [1.165, 1.54) is 12.8 Å². The van der Waals surface area contributed by atoms with Gasteiger partial charge in [0.1, 0.15) is 5.75 Å². The maximum absolute atomic E-state index is 12.7. The van der Waals surface area contributed by atoms with Crippen LogP contribution in [0.5, 0.6) is 5.75 Å². The average molecular weight is 410 g/mol. The highest BCUT2D eigenvalue weighted by Gasteiger charge is 2.26. The summed E-state index contributed by atoms with van der Waals surface area (Å²) in [6.45, 7) is 4.68. The van der Waals surface area contributed by atoms with Gasteiger partial charge in [0, 0.05) is 32.2 Å². The number of nitrogens with one attached hydrogen (secondary N) is 2. The summed E-state index contributed by atoms with van der Waals surface area (Å²) >= 11 is 0. The number of halogens is 2. The molecule has 2 saturated heterocycles. The Hall–Kier alpha value is -2.09. The van der Waals surface area contributed by atoms with Crippen LogP contribution in [-0.2, 0) is 0 Å². The highest BCUT2D eigenvalue weighted by atomic mass is 19.3. The minimum absolute atomic E-state index is 0.213. The zero-order chi connectivity index (χ0) is 20.6. The van der Waals surface area contributed by atoms with Crippen LogP contribution in [0.15, 0.2) is 29.3 Å². The normalized spacial score (nSPS) is 21.6. The summed E-state index contributed by atoms with van der Waals surface area (Å²) in [6, 6.07) is 7.20. The van der Waals surface area contributed by atoms with Gasteiger partial charge >= 0.3 is 6.61 Å². The molecular formula is C21H33F2N5O. The van der Waals surface area contributed by atoms with Gasteiger partial charge in [-0.1, -0.05) is 12.1 Å². The lowest BCUT2D eigenvalue weighted by Gasteiger charge is -2.28. The first-order valence-electron chi connectivity index (χ1n) is 10.6. The zero-order valence-electron chi connectivity index (χ0n) is 17.4. The number of likely N-dealkylation sites (tertiary alicyclic amines) is 1. The third kappa shape index (κ3) is 6.45. The number of piperidine rings is 1. The lowest BCUT2D eigenvalue weighted by atomic mass is 9.97. The van der Waals surface area contributed by atoms with Gasteiger partial charge in [-0.25, -0.2) is 0 Å². The third-order valence-corrected chi connectivity index (χ3v) is 5.64. The Morgan fingerprint density at radius 1 is 1.21 bits per heavy atom. The average Bonchev–Trinajstić information content (AvgIpc) is 3.16. The molecule has 2 fully saturated rings. The number of guanidine groups is 1. The number of alkyl halides is 2. The van der Waals surface area contributed by atoms with Crippen molar-refractivity contribution >= 4 is 11.6 Å². The Morgan fingerprint density at radius 2 is 1.97 bits per heavy atom. The number of rotatable bonds is 7. The van der Waals surface area contributed by atoms with Crippen LogP contribution in [0.1, 0.15) is 26.2 Å². The standard InChI is InChI=1S/C21H33F2N5O/c1-3-24-21(25-14-16-8-11-27(2)12-9-16)26-17-10-13-28(15-17)18-6-4-5-7-19(18)29-20(22)23/h4-7,16-17,20H,3,8-15H2,1-2H3,(H2,24,25,26). The Balaban J connectivity index is 1.56. The molecule has 2 heterocycles. The zero-order valence-corrected chi connectivity index (χ0v) is 17.4. The number of anilines is 1. The summed E-state index contributed by atoms with van der Waals surface area (Å²) in [4.78, 5) is 9.27. The van der Waals surface area contributed by atoms with Crippen LogP contribution in [0.3, 0.4) is 0 Å². The van der Waals surface area contributed by atoms with Crippen LogP contribution in [0.25, 0.3) is 0 Å². The second-order valence-electron chi connectivity index (χ2n) is 7.89. The molecule has 2 aliphatic heterocycles. The Morgan fingerprint density at radius 3 is 2.69 bits per heavy atom. The molecule has 2 N–H and O–H groups in total. The molecule has 0 amide bonds. The summed E-state index contributed by atoms with van der Waals surface area (Å²) in [5.74, 6) is 1.71. The number of nitrogens with zero attached hydrogens (tertiary/aromatic N) is 3. The Kier molecular flexibility index (Phi) is 7.91. The van der Waals surface area contributed by atoms with Gasteiger partial charge in [0.2, 0.25) is 0 Å². The van der Waals surface area contributed by atoms with E-state index in [1.54, 1.807) is 12.1 Å².